The molecule has 3 nitrogen and oxygen atoms in total. The molecule has 0 aromatic heterocycles. The van der Waals surface area contributed by atoms with Crippen molar-refractivity contribution in [3.8, 4) is 0 Å². The Morgan fingerprint density at radius 1 is 1.90 bits per heavy atom. The van der Waals surface area contributed by atoms with E-state index in [-0.39, 0.29) is 13.4 Å². The fraction of sp³-hybridized carbons (Fsp3) is 0.857. The molecule has 0 aromatic rings. The zero-order valence-electron chi connectivity index (χ0n) is 6.22. The summed E-state index contributed by atoms with van der Waals surface area (Å²) in [4.78, 5) is 10.8. The van der Waals surface area contributed by atoms with E-state index in [1.165, 1.54) is 0 Å². The first-order valence-electron chi connectivity index (χ1n) is 3.70. The Labute approximate surface area is 62.2 Å². The minimum atomic E-state index is 0. The van der Waals surface area contributed by atoms with Gasteiger partial charge >= 0.3 is 0 Å². The van der Waals surface area contributed by atoms with Crippen LogP contribution in [-0.4, -0.2) is 25.2 Å². The lowest BCUT2D eigenvalue weighted by atomic mass is 10.2. The van der Waals surface area contributed by atoms with Crippen molar-refractivity contribution < 1.29 is 11.0 Å². The minimum absolute atomic E-state index is 0. The molecule has 1 rings (SSSR count). The molecule has 1 unspecified atom stereocenters. The zero-order chi connectivity index (χ0) is 7.40. The molecule has 10 heavy (non-hydrogen) atoms. The van der Waals surface area contributed by atoms with Crippen LogP contribution in [0.2, 0.25) is 0 Å². The molecule has 1 N–H and O–H groups in total. The Bertz CT molecular complexity index is 124. The Kier molecular flexibility index (Phi) is 2.68. The second-order valence-electron chi connectivity index (χ2n) is 2.48. The van der Waals surface area contributed by atoms with Crippen molar-refractivity contribution in [3.05, 3.63) is 0 Å². The fourth-order valence-corrected chi connectivity index (χ4v) is 0.978. The average Bonchev–Trinajstić information content (AvgIpc) is 2.40. The largest absolute Gasteiger partial charge is 0.379 e. The molecule has 0 aliphatic carbocycles. The average molecular weight is 145 g/mol. The van der Waals surface area contributed by atoms with Crippen LogP contribution in [0.3, 0.4) is 0 Å². The number of carbonyl (C=O) groups excluding carboxylic acids is 1. The summed E-state index contributed by atoms with van der Waals surface area (Å²) >= 11 is 0. The van der Waals surface area contributed by atoms with Crippen LogP contribution >= 0.6 is 0 Å². The van der Waals surface area contributed by atoms with E-state index in [9.17, 15) is 4.79 Å². The van der Waals surface area contributed by atoms with Crippen LogP contribution in [0.5, 0.6) is 0 Å². The van der Waals surface area contributed by atoms with Crippen molar-refractivity contribution in [2.75, 3.05) is 13.2 Å². The van der Waals surface area contributed by atoms with Gasteiger partial charge in [-0.05, 0) is 6.42 Å². The van der Waals surface area contributed by atoms with Crippen LogP contribution in [0.1, 0.15) is 21.2 Å². The number of hydrogen-bond donors (Lipinski definition) is 1. The Balaban J connectivity index is 0.000001000. The summed E-state index contributed by atoms with van der Waals surface area (Å²) in [5.74, 6) is 0.121. The molecule has 1 aliphatic rings. The first-order valence-corrected chi connectivity index (χ1v) is 3.70. The maximum Gasteiger partial charge on any atom is 0.220 e. The third kappa shape index (κ3) is 1.99. The highest BCUT2D eigenvalue weighted by molar-refractivity contribution is 5.75. The molecule has 1 heterocycles. The number of hydrogen-bond acceptors (Lipinski definition) is 2. The van der Waals surface area contributed by atoms with Crippen LogP contribution < -0.4 is 5.32 Å². The molecular formula is C7H15NO2. The van der Waals surface area contributed by atoms with E-state index in [1.807, 2.05) is 6.92 Å². The van der Waals surface area contributed by atoms with E-state index in [2.05, 4.69) is 5.32 Å². The van der Waals surface area contributed by atoms with E-state index in [1.54, 1.807) is 0 Å². The maximum atomic E-state index is 10.8. The van der Waals surface area contributed by atoms with E-state index < -0.39 is 0 Å². The van der Waals surface area contributed by atoms with Crippen molar-refractivity contribution in [2.24, 2.45) is 0 Å². The molecule has 1 amide bonds. The standard InChI is InChI=1S/C7H13NO2.H2/c1-2-7(9)8-6-3-4-10-5-6;/h6H,2-5H2,1H3,(H,8,9);1H. The van der Waals surface area contributed by atoms with Gasteiger partial charge in [0.2, 0.25) is 5.91 Å². The van der Waals surface area contributed by atoms with Gasteiger partial charge < -0.3 is 10.1 Å². The number of nitrogens with one attached hydrogen (secondary N) is 1. The van der Waals surface area contributed by atoms with Gasteiger partial charge in [0.05, 0.1) is 12.6 Å². The van der Waals surface area contributed by atoms with E-state index in [4.69, 9.17) is 4.74 Å². The third-order valence-electron chi connectivity index (χ3n) is 1.62. The van der Waals surface area contributed by atoms with Crippen molar-refractivity contribution in [1.82, 2.24) is 5.32 Å². The Morgan fingerprint density at radius 2 is 2.70 bits per heavy atom. The highest BCUT2D eigenvalue weighted by atomic mass is 16.5. The number of amides is 1. The van der Waals surface area contributed by atoms with Gasteiger partial charge in [-0.15, -0.1) is 0 Å². The second-order valence-corrected chi connectivity index (χ2v) is 2.48. The topological polar surface area (TPSA) is 38.3 Å². The smallest absolute Gasteiger partial charge is 0.220 e. The second kappa shape index (κ2) is 3.56. The lowest BCUT2D eigenvalue weighted by Gasteiger charge is -2.08. The number of carbonyl (C=O) groups is 1. The molecule has 3 heteroatoms. The summed E-state index contributed by atoms with van der Waals surface area (Å²) in [6.07, 6.45) is 1.53. The van der Waals surface area contributed by atoms with Gasteiger partial charge in [-0.1, -0.05) is 6.92 Å². The highest BCUT2D eigenvalue weighted by Gasteiger charge is 2.16. The molecule has 0 bridgehead atoms. The Hall–Kier alpha value is -0.570. The molecular weight excluding hydrogens is 130 g/mol. The highest BCUT2D eigenvalue weighted by Crippen LogP contribution is 2.02. The summed E-state index contributed by atoms with van der Waals surface area (Å²) in [6.45, 7) is 3.32. The van der Waals surface area contributed by atoms with E-state index >= 15 is 0 Å². The van der Waals surface area contributed by atoms with Gasteiger partial charge in [0.25, 0.3) is 0 Å². The number of rotatable bonds is 2. The van der Waals surface area contributed by atoms with Gasteiger partial charge in [-0.3, -0.25) is 4.79 Å². The summed E-state index contributed by atoms with van der Waals surface area (Å²) in [6, 6.07) is 0.271. The minimum Gasteiger partial charge on any atom is -0.379 e. The van der Waals surface area contributed by atoms with Gasteiger partial charge in [0, 0.05) is 14.5 Å². The van der Waals surface area contributed by atoms with Gasteiger partial charge in [0.15, 0.2) is 0 Å². The Morgan fingerprint density at radius 3 is 3.20 bits per heavy atom. The van der Waals surface area contributed by atoms with E-state index in [0.717, 1.165) is 13.0 Å². The maximum absolute atomic E-state index is 10.8. The summed E-state index contributed by atoms with van der Waals surface area (Å²) in [5.41, 5.74) is 0. The normalized spacial score (nSPS) is 24.7. The first-order chi connectivity index (χ1) is 4.83. The molecule has 0 spiro atoms. The lowest BCUT2D eigenvalue weighted by molar-refractivity contribution is -0.121. The van der Waals surface area contributed by atoms with Gasteiger partial charge in [0.1, 0.15) is 0 Å². The monoisotopic (exact) mass is 145 g/mol. The van der Waals surface area contributed by atoms with Gasteiger partial charge in [-0.2, -0.15) is 0 Å². The molecule has 0 aromatic carbocycles. The van der Waals surface area contributed by atoms with Crippen molar-refractivity contribution >= 4 is 5.91 Å². The van der Waals surface area contributed by atoms with Crippen molar-refractivity contribution in [3.63, 3.8) is 0 Å². The van der Waals surface area contributed by atoms with Crippen LogP contribution in [0, 0.1) is 0 Å². The predicted octanol–water partition coefficient (Wildman–Crippen LogP) is 0.547. The molecule has 0 radical (unpaired) electrons. The number of ether oxygens (including phenoxy) is 1. The molecule has 1 fully saturated rings. The molecule has 60 valence electrons. The fourth-order valence-electron chi connectivity index (χ4n) is 0.978. The zero-order valence-corrected chi connectivity index (χ0v) is 6.22. The lowest BCUT2D eigenvalue weighted by Crippen LogP contribution is -2.34. The van der Waals surface area contributed by atoms with Crippen molar-refractivity contribution in [1.29, 1.82) is 0 Å². The third-order valence-corrected chi connectivity index (χ3v) is 1.62. The summed E-state index contributed by atoms with van der Waals surface area (Å²) in [7, 11) is 0. The first kappa shape index (κ1) is 7.54. The molecule has 1 aliphatic heterocycles. The molecule has 1 atom stereocenters. The summed E-state index contributed by atoms with van der Waals surface area (Å²) in [5, 5.41) is 2.86. The van der Waals surface area contributed by atoms with Crippen LogP contribution in [0.25, 0.3) is 0 Å². The predicted molar refractivity (Wildman–Crippen MR) is 39.8 cm³/mol. The molecule has 1 saturated heterocycles. The molecule has 0 saturated carbocycles. The summed E-state index contributed by atoms with van der Waals surface area (Å²) < 4.78 is 5.09. The van der Waals surface area contributed by atoms with Crippen LogP contribution in [0.15, 0.2) is 0 Å². The van der Waals surface area contributed by atoms with Crippen LogP contribution in [-0.2, 0) is 9.53 Å². The van der Waals surface area contributed by atoms with Gasteiger partial charge in [-0.25, -0.2) is 0 Å². The van der Waals surface area contributed by atoms with Crippen LogP contribution in [0.4, 0.5) is 0 Å². The van der Waals surface area contributed by atoms with Crippen molar-refractivity contribution in [2.45, 2.75) is 25.8 Å². The quantitative estimate of drug-likeness (QED) is 0.616. The van der Waals surface area contributed by atoms with E-state index in [0.29, 0.717) is 13.0 Å². The SMILES string of the molecule is CCC(=O)NC1CCOC1.[HH].